The van der Waals surface area contributed by atoms with E-state index in [2.05, 4.69) is 12.6 Å². The van der Waals surface area contributed by atoms with E-state index in [1.165, 1.54) is 6.08 Å². The standard InChI is InChI=1S/C10H9ClO2S/c1-13-9-4-2-7(6-8(9)11)3-5-10(12)14/h2-6H,1H3,(H,12,14)/b5-3+. The summed E-state index contributed by atoms with van der Waals surface area (Å²) in [7, 11) is 1.55. The Kier molecular flexibility index (Phi) is 4.04. The summed E-state index contributed by atoms with van der Waals surface area (Å²) in [6.07, 6.45) is 3.00. The average Bonchev–Trinajstić information content (AvgIpc) is 2.15. The highest BCUT2D eigenvalue weighted by molar-refractivity contribution is 7.97. The molecule has 0 aliphatic carbocycles. The Morgan fingerprint density at radius 3 is 2.79 bits per heavy atom. The maximum atomic E-state index is 10.5. The molecule has 0 aromatic heterocycles. The van der Waals surface area contributed by atoms with E-state index in [0.29, 0.717) is 10.8 Å². The fourth-order valence-corrected chi connectivity index (χ4v) is 1.29. The molecule has 2 nitrogen and oxygen atoms in total. The van der Waals surface area contributed by atoms with Crippen molar-refractivity contribution in [3.05, 3.63) is 34.9 Å². The fraction of sp³-hybridized carbons (Fsp3) is 0.100. The van der Waals surface area contributed by atoms with Crippen molar-refractivity contribution >= 4 is 35.4 Å². The molecular weight excluding hydrogens is 220 g/mol. The lowest BCUT2D eigenvalue weighted by Gasteiger charge is -2.02. The van der Waals surface area contributed by atoms with Gasteiger partial charge in [-0.3, -0.25) is 4.79 Å². The summed E-state index contributed by atoms with van der Waals surface area (Å²) in [5.74, 6) is 0.612. The van der Waals surface area contributed by atoms with Crippen LogP contribution in [0.25, 0.3) is 6.08 Å². The largest absolute Gasteiger partial charge is 0.495 e. The third-order valence-electron chi connectivity index (χ3n) is 1.59. The van der Waals surface area contributed by atoms with E-state index in [0.717, 1.165) is 5.56 Å². The Bertz CT molecular complexity index is 374. The fourth-order valence-electron chi connectivity index (χ4n) is 0.954. The molecule has 0 amide bonds. The molecule has 0 unspecified atom stereocenters. The zero-order valence-corrected chi connectivity index (χ0v) is 9.18. The molecule has 0 bridgehead atoms. The summed E-state index contributed by atoms with van der Waals surface area (Å²) in [5.41, 5.74) is 0.832. The number of methoxy groups -OCH3 is 1. The normalized spacial score (nSPS) is 10.5. The molecule has 0 saturated carbocycles. The van der Waals surface area contributed by atoms with Crippen LogP contribution in [-0.4, -0.2) is 12.2 Å². The van der Waals surface area contributed by atoms with Crippen LogP contribution < -0.4 is 4.74 Å². The van der Waals surface area contributed by atoms with Crippen LogP contribution in [0.15, 0.2) is 24.3 Å². The van der Waals surface area contributed by atoms with E-state index in [1.54, 1.807) is 31.4 Å². The Morgan fingerprint density at radius 1 is 1.57 bits per heavy atom. The van der Waals surface area contributed by atoms with Crippen molar-refractivity contribution in [2.45, 2.75) is 0 Å². The predicted octanol–water partition coefficient (Wildman–Crippen LogP) is 2.82. The van der Waals surface area contributed by atoms with Gasteiger partial charge in [-0.2, -0.15) is 0 Å². The SMILES string of the molecule is COc1ccc(/C=C/C(=O)S)cc1Cl. The maximum absolute atomic E-state index is 10.5. The van der Waals surface area contributed by atoms with Gasteiger partial charge in [0.1, 0.15) is 5.75 Å². The van der Waals surface area contributed by atoms with Crippen LogP contribution in [0.1, 0.15) is 5.56 Å². The smallest absolute Gasteiger partial charge is 0.209 e. The number of benzene rings is 1. The Hall–Kier alpha value is -0.930. The van der Waals surface area contributed by atoms with E-state index in [1.807, 2.05) is 0 Å². The third-order valence-corrected chi connectivity index (χ3v) is 2.04. The molecule has 0 aliphatic heterocycles. The van der Waals surface area contributed by atoms with E-state index >= 15 is 0 Å². The monoisotopic (exact) mass is 228 g/mol. The topological polar surface area (TPSA) is 26.3 Å². The highest BCUT2D eigenvalue weighted by Crippen LogP contribution is 2.25. The number of halogens is 1. The van der Waals surface area contributed by atoms with Crippen molar-refractivity contribution in [2.24, 2.45) is 0 Å². The van der Waals surface area contributed by atoms with Gasteiger partial charge < -0.3 is 4.74 Å². The van der Waals surface area contributed by atoms with Crippen molar-refractivity contribution in [2.75, 3.05) is 7.11 Å². The van der Waals surface area contributed by atoms with Gasteiger partial charge in [0.15, 0.2) is 0 Å². The van der Waals surface area contributed by atoms with Crippen LogP contribution in [-0.2, 0) is 4.79 Å². The number of carbonyl (C=O) groups is 1. The average molecular weight is 229 g/mol. The number of rotatable bonds is 3. The number of hydrogen-bond donors (Lipinski definition) is 1. The Balaban J connectivity index is 2.91. The summed E-state index contributed by atoms with van der Waals surface area (Å²) < 4.78 is 4.99. The van der Waals surface area contributed by atoms with Crippen molar-refractivity contribution in [1.29, 1.82) is 0 Å². The maximum Gasteiger partial charge on any atom is 0.209 e. The minimum Gasteiger partial charge on any atom is -0.495 e. The van der Waals surface area contributed by atoms with Gasteiger partial charge in [0.05, 0.1) is 12.1 Å². The highest BCUT2D eigenvalue weighted by Gasteiger charge is 1.99. The van der Waals surface area contributed by atoms with E-state index in [4.69, 9.17) is 16.3 Å². The molecule has 14 heavy (non-hydrogen) atoms. The summed E-state index contributed by atoms with van der Waals surface area (Å²) in [6.45, 7) is 0. The summed E-state index contributed by atoms with van der Waals surface area (Å²) in [6, 6.07) is 5.26. The van der Waals surface area contributed by atoms with Crippen LogP contribution in [0.2, 0.25) is 5.02 Å². The second-order valence-electron chi connectivity index (χ2n) is 2.57. The molecule has 1 rings (SSSR count). The zero-order chi connectivity index (χ0) is 10.6. The van der Waals surface area contributed by atoms with Gasteiger partial charge in [-0.25, -0.2) is 0 Å². The van der Waals surface area contributed by atoms with Gasteiger partial charge in [-0.1, -0.05) is 23.7 Å². The van der Waals surface area contributed by atoms with Crippen molar-refractivity contribution in [1.82, 2.24) is 0 Å². The molecular formula is C10H9ClO2S. The number of hydrogen-bond acceptors (Lipinski definition) is 2. The number of carbonyl (C=O) groups excluding carboxylic acids is 1. The lowest BCUT2D eigenvalue weighted by Crippen LogP contribution is -1.84. The lowest BCUT2D eigenvalue weighted by molar-refractivity contribution is -0.106. The zero-order valence-electron chi connectivity index (χ0n) is 7.53. The van der Waals surface area contributed by atoms with Gasteiger partial charge in [-0.05, 0) is 23.8 Å². The van der Waals surface area contributed by atoms with Crippen LogP contribution in [0.3, 0.4) is 0 Å². The summed E-state index contributed by atoms with van der Waals surface area (Å²) in [4.78, 5) is 10.5. The third kappa shape index (κ3) is 3.09. The molecule has 1 aromatic carbocycles. The quantitative estimate of drug-likeness (QED) is 0.636. The molecule has 0 saturated heterocycles. The Morgan fingerprint density at radius 2 is 2.29 bits per heavy atom. The molecule has 1 aromatic rings. The first-order chi connectivity index (χ1) is 6.63. The van der Waals surface area contributed by atoms with Crippen LogP contribution in [0, 0.1) is 0 Å². The van der Waals surface area contributed by atoms with Gasteiger partial charge in [-0.15, -0.1) is 12.6 Å². The number of ether oxygens (including phenoxy) is 1. The van der Waals surface area contributed by atoms with Crippen molar-refractivity contribution in [3.8, 4) is 5.75 Å². The van der Waals surface area contributed by atoms with Crippen LogP contribution >= 0.6 is 24.2 Å². The van der Waals surface area contributed by atoms with Gasteiger partial charge >= 0.3 is 0 Å². The molecule has 0 atom stereocenters. The van der Waals surface area contributed by atoms with E-state index in [9.17, 15) is 4.79 Å². The van der Waals surface area contributed by atoms with Crippen LogP contribution in [0.4, 0.5) is 0 Å². The first kappa shape index (κ1) is 11.1. The lowest BCUT2D eigenvalue weighted by atomic mass is 10.2. The van der Waals surface area contributed by atoms with Crippen molar-refractivity contribution in [3.63, 3.8) is 0 Å². The predicted molar refractivity (Wildman–Crippen MR) is 61.0 cm³/mol. The summed E-state index contributed by atoms with van der Waals surface area (Å²) >= 11 is 9.49. The van der Waals surface area contributed by atoms with E-state index < -0.39 is 0 Å². The summed E-state index contributed by atoms with van der Waals surface area (Å²) in [5, 5.41) is 0.221. The van der Waals surface area contributed by atoms with E-state index in [-0.39, 0.29) is 5.12 Å². The molecule has 0 heterocycles. The number of thiol groups is 1. The Labute approximate surface area is 92.9 Å². The molecule has 0 fully saturated rings. The van der Waals surface area contributed by atoms with Gasteiger partial charge in [0.2, 0.25) is 5.12 Å². The van der Waals surface area contributed by atoms with Crippen molar-refractivity contribution < 1.29 is 9.53 Å². The molecule has 0 N–H and O–H groups in total. The minimum absolute atomic E-state index is 0.294. The first-order valence-corrected chi connectivity index (χ1v) is 4.70. The highest BCUT2D eigenvalue weighted by atomic mass is 35.5. The molecule has 0 radical (unpaired) electrons. The molecule has 74 valence electrons. The van der Waals surface area contributed by atoms with Crippen LogP contribution in [0.5, 0.6) is 5.75 Å². The molecule has 4 heteroatoms. The second kappa shape index (κ2) is 5.08. The van der Waals surface area contributed by atoms with Gasteiger partial charge in [0.25, 0.3) is 0 Å². The first-order valence-electron chi connectivity index (χ1n) is 3.88. The second-order valence-corrected chi connectivity index (χ2v) is 3.41. The molecule has 0 spiro atoms. The minimum atomic E-state index is -0.294. The van der Waals surface area contributed by atoms with Gasteiger partial charge in [0, 0.05) is 0 Å². The molecule has 0 aliphatic rings.